The van der Waals surface area contributed by atoms with Gasteiger partial charge in [0.1, 0.15) is 5.25 Å². The molecule has 0 N–H and O–H groups in total. The third kappa shape index (κ3) is 3.75. The Balaban J connectivity index is 1.57. The van der Waals surface area contributed by atoms with Crippen molar-refractivity contribution in [2.75, 3.05) is 13.4 Å². The van der Waals surface area contributed by atoms with E-state index in [0.717, 1.165) is 17.3 Å². The molecule has 7 nitrogen and oxygen atoms in total. The summed E-state index contributed by atoms with van der Waals surface area (Å²) >= 11 is 1.16. The van der Waals surface area contributed by atoms with Crippen LogP contribution in [0.4, 0.5) is 0 Å². The molecule has 138 valence electrons. The standard InChI is InChI=1S/C19H16N2O5S/c1-2-23-18(22)16(12-6-4-3-5-7-12)27-19-21-20-17(26-19)13-8-9-14-15(10-13)25-11-24-14/h3-10,16H,2,11H2,1H3/t16-/m0/s1. The maximum absolute atomic E-state index is 12.4. The van der Waals surface area contributed by atoms with Gasteiger partial charge in [0, 0.05) is 5.56 Å². The van der Waals surface area contributed by atoms with Gasteiger partial charge < -0.3 is 18.6 Å². The Labute approximate surface area is 159 Å². The Morgan fingerprint density at radius 3 is 2.78 bits per heavy atom. The first kappa shape index (κ1) is 17.4. The highest BCUT2D eigenvalue weighted by atomic mass is 32.2. The van der Waals surface area contributed by atoms with Gasteiger partial charge in [-0.1, -0.05) is 30.3 Å². The molecule has 4 rings (SSSR count). The molecular weight excluding hydrogens is 368 g/mol. The fourth-order valence-electron chi connectivity index (χ4n) is 2.60. The molecule has 0 bridgehead atoms. The van der Waals surface area contributed by atoms with E-state index in [4.69, 9.17) is 18.6 Å². The average molecular weight is 384 g/mol. The van der Waals surface area contributed by atoms with E-state index in [0.29, 0.717) is 29.6 Å². The predicted molar refractivity (Wildman–Crippen MR) is 97.5 cm³/mol. The van der Waals surface area contributed by atoms with Crippen LogP contribution in [-0.4, -0.2) is 29.6 Å². The Bertz CT molecular complexity index is 944. The first-order valence-corrected chi connectivity index (χ1v) is 9.24. The lowest BCUT2D eigenvalue weighted by Gasteiger charge is -2.13. The van der Waals surface area contributed by atoms with Gasteiger partial charge in [-0.25, -0.2) is 0 Å². The topological polar surface area (TPSA) is 83.7 Å². The van der Waals surface area contributed by atoms with E-state index in [1.807, 2.05) is 36.4 Å². The first-order chi connectivity index (χ1) is 13.2. The lowest BCUT2D eigenvalue weighted by atomic mass is 10.1. The van der Waals surface area contributed by atoms with Gasteiger partial charge in [-0.15, -0.1) is 10.2 Å². The summed E-state index contributed by atoms with van der Waals surface area (Å²) in [6, 6.07) is 14.7. The summed E-state index contributed by atoms with van der Waals surface area (Å²) in [6.07, 6.45) is 0. The molecule has 0 amide bonds. The van der Waals surface area contributed by atoms with Crippen LogP contribution in [0.3, 0.4) is 0 Å². The van der Waals surface area contributed by atoms with Gasteiger partial charge in [0.05, 0.1) is 6.61 Å². The van der Waals surface area contributed by atoms with Crippen LogP contribution in [0, 0.1) is 0 Å². The van der Waals surface area contributed by atoms with E-state index < -0.39 is 5.25 Å². The number of carbonyl (C=O) groups is 1. The minimum absolute atomic E-state index is 0.196. The number of carbonyl (C=O) groups excluding carboxylic acids is 1. The van der Waals surface area contributed by atoms with Crippen LogP contribution in [0.5, 0.6) is 11.5 Å². The van der Waals surface area contributed by atoms with Crippen molar-refractivity contribution in [2.24, 2.45) is 0 Å². The van der Waals surface area contributed by atoms with Crippen molar-refractivity contribution in [1.29, 1.82) is 0 Å². The van der Waals surface area contributed by atoms with Crippen LogP contribution in [0.2, 0.25) is 0 Å². The molecule has 1 atom stereocenters. The van der Waals surface area contributed by atoms with Crippen molar-refractivity contribution in [3.8, 4) is 23.0 Å². The van der Waals surface area contributed by atoms with Crippen molar-refractivity contribution in [1.82, 2.24) is 10.2 Å². The molecule has 0 radical (unpaired) electrons. The number of fused-ring (bicyclic) bond motifs is 1. The summed E-state index contributed by atoms with van der Waals surface area (Å²) in [4.78, 5) is 12.4. The second kappa shape index (κ2) is 7.71. The van der Waals surface area contributed by atoms with Crippen LogP contribution >= 0.6 is 11.8 Å². The third-order valence-electron chi connectivity index (χ3n) is 3.85. The number of thioether (sulfide) groups is 1. The fourth-order valence-corrected chi connectivity index (χ4v) is 3.48. The largest absolute Gasteiger partial charge is 0.465 e. The summed E-state index contributed by atoms with van der Waals surface area (Å²) in [5.41, 5.74) is 1.52. The number of aromatic nitrogens is 2. The summed E-state index contributed by atoms with van der Waals surface area (Å²) in [6.45, 7) is 2.27. The predicted octanol–water partition coefficient (Wildman–Crippen LogP) is 3.86. The molecule has 1 aromatic heterocycles. The average Bonchev–Trinajstić information content (AvgIpc) is 3.35. The Kier molecular flexibility index (Phi) is 4.97. The molecule has 2 aromatic carbocycles. The number of nitrogens with zero attached hydrogens (tertiary/aromatic N) is 2. The third-order valence-corrected chi connectivity index (χ3v) is 4.91. The van der Waals surface area contributed by atoms with E-state index in [9.17, 15) is 4.79 Å². The van der Waals surface area contributed by atoms with Gasteiger partial charge in [-0.3, -0.25) is 4.79 Å². The summed E-state index contributed by atoms with van der Waals surface area (Å²) < 4.78 is 21.6. The molecule has 27 heavy (non-hydrogen) atoms. The minimum Gasteiger partial charge on any atom is -0.465 e. The van der Waals surface area contributed by atoms with Crippen LogP contribution in [0.1, 0.15) is 17.7 Å². The molecule has 0 fully saturated rings. The molecule has 8 heteroatoms. The molecule has 1 aliphatic rings. The van der Waals surface area contributed by atoms with Gasteiger partial charge in [-0.05, 0) is 42.4 Å². The zero-order chi connectivity index (χ0) is 18.6. The molecule has 1 aliphatic heterocycles. The van der Waals surface area contributed by atoms with Crippen molar-refractivity contribution in [2.45, 2.75) is 17.4 Å². The maximum atomic E-state index is 12.4. The molecule has 2 heterocycles. The summed E-state index contributed by atoms with van der Waals surface area (Å²) in [5, 5.41) is 7.83. The van der Waals surface area contributed by atoms with Crippen LogP contribution in [0.15, 0.2) is 58.2 Å². The van der Waals surface area contributed by atoms with E-state index in [1.54, 1.807) is 19.1 Å². The van der Waals surface area contributed by atoms with Gasteiger partial charge in [0.15, 0.2) is 11.5 Å². The highest BCUT2D eigenvalue weighted by Crippen LogP contribution is 2.38. The fraction of sp³-hybridized carbons (Fsp3) is 0.211. The summed E-state index contributed by atoms with van der Waals surface area (Å²) in [7, 11) is 0. The van der Waals surface area contributed by atoms with Crippen LogP contribution < -0.4 is 9.47 Å². The highest BCUT2D eigenvalue weighted by molar-refractivity contribution is 8.00. The molecule has 0 spiro atoms. The molecule has 3 aromatic rings. The minimum atomic E-state index is -0.587. The van der Waals surface area contributed by atoms with Crippen molar-refractivity contribution in [3.05, 3.63) is 54.1 Å². The molecular formula is C19H16N2O5S. The zero-order valence-corrected chi connectivity index (χ0v) is 15.3. The second-order valence-corrected chi connectivity index (χ2v) is 6.66. The van der Waals surface area contributed by atoms with E-state index in [1.165, 1.54) is 0 Å². The van der Waals surface area contributed by atoms with E-state index >= 15 is 0 Å². The van der Waals surface area contributed by atoms with Crippen LogP contribution in [0.25, 0.3) is 11.5 Å². The summed E-state index contributed by atoms with van der Waals surface area (Å²) in [5.74, 6) is 1.30. The lowest BCUT2D eigenvalue weighted by molar-refractivity contribution is -0.142. The van der Waals surface area contributed by atoms with Gasteiger partial charge in [-0.2, -0.15) is 0 Å². The van der Waals surface area contributed by atoms with Gasteiger partial charge in [0.25, 0.3) is 5.22 Å². The number of rotatable bonds is 6. The quantitative estimate of drug-likeness (QED) is 0.468. The Hall–Kier alpha value is -3.00. The molecule has 0 unspecified atom stereocenters. The normalized spacial score (nSPS) is 13.4. The Morgan fingerprint density at radius 2 is 1.96 bits per heavy atom. The molecule has 0 aliphatic carbocycles. The Morgan fingerprint density at radius 1 is 1.15 bits per heavy atom. The van der Waals surface area contributed by atoms with E-state index in [-0.39, 0.29) is 18.0 Å². The van der Waals surface area contributed by atoms with Crippen molar-refractivity contribution >= 4 is 17.7 Å². The second-order valence-electron chi connectivity index (χ2n) is 5.60. The zero-order valence-electron chi connectivity index (χ0n) is 14.5. The smallest absolute Gasteiger partial charge is 0.324 e. The first-order valence-electron chi connectivity index (χ1n) is 8.36. The van der Waals surface area contributed by atoms with Crippen molar-refractivity contribution in [3.63, 3.8) is 0 Å². The number of hydrogen-bond acceptors (Lipinski definition) is 8. The van der Waals surface area contributed by atoms with Crippen LogP contribution in [-0.2, 0) is 9.53 Å². The van der Waals surface area contributed by atoms with Gasteiger partial charge >= 0.3 is 5.97 Å². The number of esters is 1. The van der Waals surface area contributed by atoms with Gasteiger partial charge in [0.2, 0.25) is 12.7 Å². The molecule has 0 saturated carbocycles. The van der Waals surface area contributed by atoms with Crippen molar-refractivity contribution < 1.29 is 23.4 Å². The highest BCUT2D eigenvalue weighted by Gasteiger charge is 2.26. The maximum Gasteiger partial charge on any atom is 0.324 e. The van der Waals surface area contributed by atoms with E-state index in [2.05, 4.69) is 10.2 Å². The molecule has 0 saturated heterocycles. The lowest BCUT2D eigenvalue weighted by Crippen LogP contribution is -2.13. The monoisotopic (exact) mass is 384 g/mol. The SMILES string of the molecule is CCOC(=O)[C@@H](Sc1nnc(-c2ccc3c(c2)OCO3)o1)c1ccccc1. The number of hydrogen-bond donors (Lipinski definition) is 0. The number of benzene rings is 2. The number of ether oxygens (including phenoxy) is 3.